The number of carbonyl (C=O) groups is 1. The van der Waals surface area contributed by atoms with Crippen LogP contribution in [0.4, 0.5) is 0 Å². The monoisotopic (exact) mass is 483 g/mol. The van der Waals surface area contributed by atoms with Gasteiger partial charge in [-0.3, -0.25) is 4.79 Å². The first-order valence-corrected chi connectivity index (χ1v) is 14.0. The first-order chi connectivity index (χ1) is 15.9. The summed E-state index contributed by atoms with van der Waals surface area (Å²) in [5.74, 6) is 0.509. The minimum atomic E-state index is -3.62. The van der Waals surface area contributed by atoms with Crippen molar-refractivity contribution in [3.05, 3.63) is 54.6 Å². The molecule has 2 aromatic carbocycles. The Bertz CT molecular complexity index is 1310. The molecule has 5 nitrogen and oxygen atoms in total. The molecule has 1 heterocycles. The van der Waals surface area contributed by atoms with Gasteiger partial charge in [0.15, 0.2) is 0 Å². The molecule has 2 aliphatic rings. The molecule has 1 aromatic heterocycles. The molecule has 33 heavy (non-hydrogen) atoms. The van der Waals surface area contributed by atoms with E-state index < -0.39 is 16.0 Å². The molecular formula is C26H29NO4S2. The van der Waals surface area contributed by atoms with Crippen LogP contribution in [0.2, 0.25) is 0 Å². The molecule has 2 aliphatic carbocycles. The van der Waals surface area contributed by atoms with Gasteiger partial charge in [-0.1, -0.05) is 30.4 Å². The van der Waals surface area contributed by atoms with E-state index in [1.807, 2.05) is 30.3 Å². The lowest BCUT2D eigenvalue weighted by Gasteiger charge is -2.31. The van der Waals surface area contributed by atoms with Crippen LogP contribution >= 0.6 is 11.3 Å². The molecule has 0 spiro atoms. The van der Waals surface area contributed by atoms with Crippen LogP contribution in [0.25, 0.3) is 20.2 Å². The maximum absolute atomic E-state index is 13.4. The van der Waals surface area contributed by atoms with Gasteiger partial charge < -0.3 is 5.11 Å². The fourth-order valence-electron chi connectivity index (χ4n) is 5.80. The lowest BCUT2D eigenvalue weighted by Crippen LogP contribution is -2.43. The predicted octanol–water partition coefficient (Wildman–Crippen LogP) is 5.95. The van der Waals surface area contributed by atoms with E-state index in [1.54, 1.807) is 17.4 Å². The minimum absolute atomic E-state index is 0.0349. The number of benzene rings is 2. The standard InChI is InChI=1S/C26H29NO4S2/c28-25(29)10-4-2-1-3-7-20-17-11-12-18(15-17)26(20)27-33(30,31)19-13-14-24-22(16-19)21-8-5-6-9-23(21)32-24/h1,3,5-6,8-9,13-14,16-18,20,26-27H,2,4,7,10-12,15H2,(H,28,29)/b3-1-/t17-,18+,20+,26+/m0/s1. The highest BCUT2D eigenvalue weighted by molar-refractivity contribution is 7.89. The second kappa shape index (κ2) is 9.20. The molecule has 0 amide bonds. The Balaban J connectivity index is 1.33. The van der Waals surface area contributed by atoms with E-state index in [0.29, 0.717) is 29.1 Å². The number of allylic oxidation sites excluding steroid dienone is 2. The van der Waals surface area contributed by atoms with Crippen LogP contribution in [-0.2, 0) is 14.8 Å². The summed E-state index contributed by atoms with van der Waals surface area (Å²) in [5, 5.41) is 10.9. The van der Waals surface area contributed by atoms with Crippen molar-refractivity contribution in [3.63, 3.8) is 0 Å². The van der Waals surface area contributed by atoms with Gasteiger partial charge in [0.05, 0.1) is 4.90 Å². The van der Waals surface area contributed by atoms with E-state index in [2.05, 4.69) is 22.9 Å². The number of hydrogen-bond acceptors (Lipinski definition) is 4. The number of sulfonamides is 1. The van der Waals surface area contributed by atoms with Gasteiger partial charge in [-0.25, -0.2) is 13.1 Å². The number of aliphatic carboxylic acids is 1. The van der Waals surface area contributed by atoms with Crippen molar-refractivity contribution < 1.29 is 18.3 Å². The highest BCUT2D eigenvalue weighted by Gasteiger charge is 2.48. The molecule has 3 aromatic rings. The summed E-state index contributed by atoms with van der Waals surface area (Å²) in [6.07, 6.45) is 9.95. The Morgan fingerprint density at radius 2 is 1.85 bits per heavy atom. The second-order valence-electron chi connectivity index (χ2n) is 9.39. The van der Waals surface area contributed by atoms with E-state index in [4.69, 9.17) is 5.11 Å². The van der Waals surface area contributed by atoms with Gasteiger partial charge in [-0.2, -0.15) is 0 Å². The van der Waals surface area contributed by atoms with Crippen molar-refractivity contribution in [2.75, 3.05) is 0 Å². The molecule has 2 fully saturated rings. The molecule has 2 bridgehead atoms. The SMILES string of the molecule is O=C(O)CCC/C=C\C[C@@H]1[C@H]2CC[C@H](C2)[C@H]1NS(=O)(=O)c1ccc2sc3ccccc3c2c1. The summed E-state index contributed by atoms with van der Waals surface area (Å²) in [6.45, 7) is 0. The van der Waals surface area contributed by atoms with E-state index >= 15 is 0 Å². The molecule has 4 atom stereocenters. The Morgan fingerprint density at radius 1 is 1.06 bits per heavy atom. The van der Waals surface area contributed by atoms with E-state index in [-0.39, 0.29) is 12.5 Å². The van der Waals surface area contributed by atoms with Gasteiger partial charge in [0, 0.05) is 32.6 Å². The first-order valence-electron chi connectivity index (χ1n) is 11.7. The third-order valence-corrected chi connectivity index (χ3v) is 9.98. The van der Waals surface area contributed by atoms with Crippen LogP contribution in [0, 0.1) is 17.8 Å². The number of nitrogens with one attached hydrogen (secondary N) is 1. The smallest absolute Gasteiger partial charge is 0.303 e. The van der Waals surface area contributed by atoms with Gasteiger partial charge in [0.1, 0.15) is 0 Å². The number of thiophene rings is 1. The topological polar surface area (TPSA) is 83.5 Å². The zero-order chi connectivity index (χ0) is 23.0. The number of carboxylic acids is 1. The largest absolute Gasteiger partial charge is 0.481 e. The normalized spacial score (nSPS) is 25.0. The molecule has 2 saturated carbocycles. The second-order valence-corrected chi connectivity index (χ2v) is 12.2. The lowest BCUT2D eigenvalue weighted by atomic mass is 9.83. The van der Waals surface area contributed by atoms with Gasteiger partial charge in [0.25, 0.3) is 0 Å². The average molecular weight is 484 g/mol. The Morgan fingerprint density at radius 3 is 2.70 bits per heavy atom. The summed E-state index contributed by atoms with van der Waals surface area (Å²) in [7, 11) is -3.62. The number of unbranched alkanes of at least 4 members (excludes halogenated alkanes) is 1. The van der Waals surface area contributed by atoms with Crippen LogP contribution < -0.4 is 4.72 Å². The Labute approximate surface area is 198 Å². The van der Waals surface area contributed by atoms with E-state index in [0.717, 1.165) is 41.2 Å². The molecule has 0 aliphatic heterocycles. The molecule has 0 saturated heterocycles. The maximum atomic E-state index is 13.4. The summed E-state index contributed by atoms with van der Waals surface area (Å²) < 4.78 is 32.2. The van der Waals surface area contributed by atoms with Gasteiger partial charge in [-0.15, -0.1) is 11.3 Å². The molecular weight excluding hydrogens is 454 g/mol. The van der Waals surface area contributed by atoms with Crippen molar-refractivity contribution in [3.8, 4) is 0 Å². The summed E-state index contributed by atoms with van der Waals surface area (Å²) in [5.41, 5.74) is 0. The van der Waals surface area contributed by atoms with Crippen molar-refractivity contribution >= 4 is 47.5 Å². The zero-order valence-electron chi connectivity index (χ0n) is 18.4. The van der Waals surface area contributed by atoms with Gasteiger partial charge in [-0.05, 0) is 80.5 Å². The quantitative estimate of drug-likeness (QED) is 0.291. The maximum Gasteiger partial charge on any atom is 0.303 e. The van der Waals surface area contributed by atoms with Crippen LogP contribution in [0.1, 0.15) is 44.9 Å². The number of hydrogen-bond donors (Lipinski definition) is 2. The minimum Gasteiger partial charge on any atom is -0.481 e. The lowest BCUT2D eigenvalue weighted by molar-refractivity contribution is -0.137. The summed E-state index contributed by atoms with van der Waals surface area (Å²) >= 11 is 1.68. The first kappa shape index (κ1) is 22.6. The van der Waals surface area contributed by atoms with Crippen molar-refractivity contribution in [2.45, 2.75) is 55.9 Å². The van der Waals surface area contributed by atoms with Crippen molar-refractivity contribution in [1.82, 2.24) is 4.72 Å². The molecule has 0 radical (unpaired) electrons. The summed E-state index contributed by atoms with van der Waals surface area (Å²) in [6, 6.07) is 13.6. The molecule has 2 N–H and O–H groups in total. The van der Waals surface area contributed by atoms with Gasteiger partial charge in [0.2, 0.25) is 10.0 Å². The fourth-order valence-corrected chi connectivity index (χ4v) is 8.26. The Kier molecular flexibility index (Phi) is 6.29. The molecule has 174 valence electrons. The molecule has 7 heteroatoms. The Hall–Kier alpha value is -2.22. The van der Waals surface area contributed by atoms with E-state index in [9.17, 15) is 13.2 Å². The van der Waals surface area contributed by atoms with Crippen LogP contribution in [0.5, 0.6) is 0 Å². The van der Waals surface area contributed by atoms with Crippen molar-refractivity contribution in [1.29, 1.82) is 0 Å². The third kappa shape index (κ3) is 4.59. The molecule has 0 unspecified atom stereocenters. The summed E-state index contributed by atoms with van der Waals surface area (Å²) in [4.78, 5) is 11.0. The molecule has 5 rings (SSSR count). The average Bonchev–Trinajstić information content (AvgIpc) is 3.49. The number of fused-ring (bicyclic) bond motifs is 5. The fraction of sp³-hybridized carbons (Fsp3) is 0.423. The van der Waals surface area contributed by atoms with Crippen molar-refractivity contribution in [2.24, 2.45) is 17.8 Å². The van der Waals surface area contributed by atoms with Crippen LogP contribution in [-0.4, -0.2) is 25.5 Å². The highest BCUT2D eigenvalue weighted by atomic mass is 32.2. The number of carboxylic acid groups (broad SMARTS) is 1. The third-order valence-electron chi connectivity index (χ3n) is 7.37. The van der Waals surface area contributed by atoms with Gasteiger partial charge >= 0.3 is 5.97 Å². The number of rotatable bonds is 9. The predicted molar refractivity (Wildman–Crippen MR) is 133 cm³/mol. The van der Waals surface area contributed by atoms with Crippen LogP contribution in [0.15, 0.2) is 59.5 Å². The zero-order valence-corrected chi connectivity index (χ0v) is 20.1. The highest BCUT2D eigenvalue weighted by Crippen LogP contribution is 2.50. The van der Waals surface area contributed by atoms with Crippen LogP contribution in [0.3, 0.4) is 0 Å². The van der Waals surface area contributed by atoms with E-state index in [1.165, 1.54) is 11.1 Å².